The van der Waals surface area contributed by atoms with Crippen LogP contribution in [0, 0.1) is 0 Å². The van der Waals surface area contributed by atoms with E-state index in [1.54, 1.807) is 85.8 Å². The lowest BCUT2D eigenvalue weighted by atomic mass is 9.95. The summed E-state index contributed by atoms with van der Waals surface area (Å²) in [5.74, 6) is -1.46. The molecule has 2 N–H and O–H groups in total. The van der Waals surface area contributed by atoms with Crippen LogP contribution >= 0.6 is 22.9 Å². The summed E-state index contributed by atoms with van der Waals surface area (Å²) in [7, 11) is 0. The van der Waals surface area contributed by atoms with E-state index in [9.17, 15) is 24.0 Å². The van der Waals surface area contributed by atoms with Crippen LogP contribution in [0.2, 0.25) is 5.02 Å². The van der Waals surface area contributed by atoms with Crippen LogP contribution in [-0.4, -0.2) is 64.2 Å². The molecule has 3 amide bonds. The minimum Gasteiger partial charge on any atom is -0.459 e. The maximum absolute atomic E-state index is 13.5. The first-order valence-corrected chi connectivity index (χ1v) is 19.6. The number of aliphatic imine (C=N–C) groups is 1. The number of rotatable bonds is 10. The van der Waals surface area contributed by atoms with Crippen molar-refractivity contribution in [3.05, 3.63) is 80.5 Å². The second-order valence-electron chi connectivity index (χ2n) is 17.3. The van der Waals surface area contributed by atoms with Gasteiger partial charge in [0, 0.05) is 26.9 Å². The molecule has 1 heterocycles. The number of nitrogens with one attached hydrogen (secondary N) is 2. The molecule has 1 aromatic heterocycles. The maximum Gasteiger partial charge on any atom is 0.437 e. The molecule has 0 saturated carbocycles. The van der Waals surface area contributed by atoms with Gasteiger partial charge in [-0.1, -0.05) is 38.4 Å². The highest BCUT2D eigenvalue weighted by atomic mass is 35.5. The molecular weight excluding hydrogens is 772 g/mol. The molecule has 3 rings (SSSR count). The van der Waals surface area contributed by atoms with Gasteiger partial charge in [0.1, 0.15) is 29.1 Å². The Balaban J connectivity index is 1.67. The number of guanidine groups is 1. The van der Waals surface area contributed by atoms with Gasteiger partial charge in [-0.15, -0.1) is 16.3 Å². The Kier molecular flexibility index (Phi) is 15.5. The lowest BCUT2D eigenvalue weighted by Gasteiger charge is -2.25. The average Bonchev–Trinajstić information content (AvgIpc) is 3.51. The third kappa shape index (κ3) is 17.0. The second-order valence-corrected chi connectivity index (χ2v) is 18.8. The molecule has 0 aliphatic heterocycles. The largest absolute Gasteiger partial charge is 0.459 e. The third-order valence-electron chi connectivity index (χ3n) is 7.28. The van der Waals surface area contributed by atoms with E-state index >= 15 is 0 Å². The molecule has 0 radical (unpaired) electrons. The van der Waals surface area contributed by atoms with E-state index in [4.69, 9.17) is 30.5 Å². The Hall–Kier alpha value is -4.95. The number of anilines is 1. The minimum atomic E-state index is -0.943. The summed E-state index contributed by atoms with van der Waals surface area (Å²) in [6.45, 7) is 21.9. The first-order valence-electron chi connectivity index (χ1n) is 18.4. The highest BCUT2D eigenvalue weighted by Crippen LogP contribution is 2.31. The summed E-state index contributed by atoms with van der Waals surface area (Å²) in [6.07, 6.45) is -1.43. The van der Waals surface area contributed by atoms with Gasteiger partial charge in [-0.2, -0.15) is 0 Å². The molecule has 310 valence electrons. The van der Waals surface area contributed by atoms with Crippen LogP contribution < -0.4 is 15.4 Å². The van der Waals surface area contributed by atoms with Gasteiger partial charge in [0.25, 0.3) is 0 Å². The fraction of sp³-hybridized carbons (Fsp3) is 0.476. The first kappa shape index (κ1) is 46.4. The molecule has 0 aliphatic rings. The molecule has 0 saturated heterocycles. The van der Waals surface area contributed by atoms with Crippen LogP contribution in [0.5, 0.6) is 5.75 Å². The fourth-order valence-corrected chi connectivity index (χ4v) is 6.21. The normalized spacial score (nSPS) is 12.3. The number of aryl methyl sites for hydroxylation is 1. The Morgan fingerprint density at radius 2 is 1.39 bits per heavy atom. The topological polar surface area (TPSA) is 162 Å². The summed E-state index contributed by atoms with van der Waals surface area (Å²) in [4.78, 5) is 71.6. The molecule has 0 fully saturated rings. The predicted octanol–water partition coefficient (Wildman–Crippen LogP) is 9.45. The summed E-state index contributed by atoms with van der Waals surface area (Å²) < 4.78 is 21.6. The van der Waals surface area contributed by atoms with Crippen molar-refractivity contribution >= 4 is 64.6 Å². The van der Waals surface area contributed by atoms with Crippen molar-refractivity contribution in [3.8, 4) is 5.75 Å². The van der Waals surface area contributed by atoms with E-state index in [0.29, 0.717) is 16.3 Å². The number of thiophene rings is 1. The van der Waals surface area contributed by atoms with Gasteiger partial charge in [0.05, 0.1) is 12.1 Å². The van der Waals surface area contributed by atoms with Crippen molar-refractivity contribution in [1.82, 2.24) is 10.2 Å². The van der Waals surface area contributed by atoms with Crippen LogP contribution in [0.15, 0.2) is 59.6 Å². The summed E-state index contributed by atoms with van der Waals surface area (Å²) in [5, 5.41) is 5.52. The average molecular weight is 827 g/mol. The number of amides is 3. The quantitative estimate of drug-likeness (QED) is 0.0662. The van der Waals surface area contributed by atoms with Crippen LogP contribution in [0.25, 0.3) is 0 Å². The Bertz CT molecular complexity index is 1950. The van der Waals surface area contributed by atoms with Crippen molar-refractivity contribution in [2.45, 2.75) is 125 Å². The molecule has 0 bridgehead atoms. The molecule has 0 unspecified atom stereocenters. The van der Waals surface area contributed by atoms with Crippen LogP contribution in [-0.2, 0) is 42.2 Å². The van der Waals surface area contributed by atoms with E-state index in [-0.39, 0.29) is 54.5 Å². The van der Waals surface area contributed by atoms with Gasteiger partial charge in [-0.05, 0) is 128 Å². The van der Waals surface area contributed by atoms with Crippen LogP contribution in [0.3, 0.4) is 0 Å². The standard InChI is InChI=1S/C42H55ClN4O9S/c1-39(2,3)32-21-20-30(57-32)24-47(25-34(49)54-40(4,5)6)33(48)22-16-26-15-19-29(23-31(26)43)53-35(50)27-13-17-28(18-14-27)44-36(45-37(51)55-41(7,8)9)46-38(52)56-42(10,11)12/h13-15,17-21,23H,16,22,24-25H2,1-12H3,(H2,44,45,46,51,52). The van der Waals surface area contributed by atoms with E-state index in [2.05, 4.69) is 36.4 Å². The van der Waals surface area contributed by atoms with Crippen molar-refractivity contribution in [3.63, 3.8) is 0 Å². The van der Waals surface area contributed by atoms with Gasteiger partial charge in [0.2, 0.25) is 11.9 Å². The molecule has 0 spiro atoms. The highest BCUT2D eigenvalue weighted by Gasteiger charge is 2.25. The Labute approximate surface area is 344 Å². The van der Waals surface area contributed by atoms with E-state index in [1.807, 2.05) is 12.1 Å². The smallest absolute Gasteiger partial charge is 0.437 e. The zero-order chi connectivity index (χ0) is 42.9. The van der Waals surface area contributed by atoms with E-state index < -0.39 is 40.9 Å². The van der Waals surface area contributed by atoms with Gasteiger partial charge in [0.15, 0.2) is 0 Å². The number of carbonyl (C=O) groups is 5. The van der Waals surface area contributed by atoms with Crippen molar-refractivity contribution in [2.75, 3.05) is 11.9 Å². The predicted molar refractivity (Wildman–Crippen MR) is 222 cm³/mol. The monoisotopic (exact) mass is 826 g/mol. The van der Waals surface area contributed by atoms with Gasteiger partial charge in [-0.25, -0.2) is 14.4 Å². The number of hydrogen-bond donors (Lipinski definition) is 2. The number of nitrogens with zero attached hydrogens (tertiary/aromatic N) is 2. The first-order chi connectivity index (χ1) is 26.2. The number of benzene rings is 2. The summed E-state index contributed by atoms with van der Waals surface area (Å²) in [5.41, 5.74) is -1.13. The van der Waals surface area contributed by atoms with Gasteiger partial charge < -0.3 is 29.2 Å². The fourth-order valence-electron chi connectivity index (χ4n) is 4.87. The highest BCUT2D eigenvalue weighted by molar-refractivity contribution is 7.12. The molecule has 57 heavy (non-hydrogen) atoms. The molecule has 0 atom stereocenters. The van der Waals surface area contributed by atoms with E-state index in [0.717, 1.165) is 4.88 Å². The summed E-state index contributed by atoms with van der Waals surface area (Å²) >= 11 is 8.19. The molecule has 2 aromatic carbocycles. The zero-order valence-electron chi connectivity index (χ0n) is 34.9. The van der Waals surface area contributed by atoms with Crippen molar-refractivity contribution in [1.29, 1.82) is 0 Å². The van der Waals surface area contributed by atoms with Crippen molar-refractivity contribution in [2.24, 2.45) is 4.99 Å². The lowest BCUT2D eigenvalue weighted by Crippen LogP contribution is -2.40. The molecule has 13 nitrogen and oxygen atoms in total. The van der Waals surface area contributed by atoms with Crippen LogP contribution in [0.1, 0.15) is 115 Å². The van der Waals surface area contributed by atoms with Gasteiger partial charge in [-0.3, -0.25) is 14.9 Å². The van der Waals surface area contributed by atoms with E-state index in [1.165, 1.54) is 40.1 Å². The van der Waals surface area contributed by atoms with Crippen molar-refractivity contribution < 1.29 is 42.9 Å². The molecule has 15 heteroatoms. The van der Waals surface area contributed by atoms with Crippen LogP contribution in [0.4, 0.5) is 15.3 Å². The number of esters is 2. The zero-order valence-corrected chi connectivity index (χ0v) is 36.5. The lowest BCUT2D eigenvalue weighted by molar-refractivity contribution is -0.159. The molecule has 0 aliphatic carbocycles. The molecule has 3 aromatic rings. The Morgan fingerprint density at radius 3 is 1.93 bits per heavy atom. The number of alkyl carbamates (subject to hydrolysis) is 1. The number of carbonyl (C=O) groups excluding carboxylic acids is 5. The summed E-state index contributed by atoms with van der Waals surface area (Å²) in [6, 6.07) is 14.8. The van der Waals surface area contributed by atoms with Gasteiger partial charge >= 0.3 is 24.1 Å². The minimum absolute atomic E-state index is 0.0441. The Morgan fingerprint density at radius 1 is 0.772 bits per heavy atom. The number of hydrogen-bond acceptors (Lipinski definition) is 10. The maximum atomic E-state index is 13.5. The molecular formula is C42H55ClN4O9S. The number of ether oxygens (including phenoxy) is 4. The third-order valence-corrected chi connectivity index (χ3v) is 9.13. The second kappa shape index (κ2) is 19.0. The SMILES string of the molecule is CC(C)(C)OC(=O)CN(Cc1ccc(C(C)(C)C)s1)C(=O)CCc1ccc(OC(=O)c2ccc(N/C(=N\C(=O)OC(C)(C)C)NC(=O)OC(C)(C)C)cc2)cc1Cl. The number of halogens is 1.